The van der Waals surface area contributed by atoms with Gasteiger partial charge < -0.3 is 19.9 Å². The first-order valence-electron chi connectivity index (χ1n) is 6.63. The molecule has 0 bridgehead atoms. The number of hydrogen-bond acceptors (Lipinski definition) is 4. The zero-order valence-corrected chi connectivity index (χ0v) is 10.4. The predicted molar refractivity (Wildman–Crippen MR) is 68.0 cm³/mol. The van der Waals surface area contributed by atoms with E-state index in [9.17, 15) is 5.11 Å². The number of ether oxygens (including phenoxy) is 2. The standard InChI is InChI=1S/C14H19NO3/c16-6-5-12(15-11-2-3-11)10-1-4-13-14(9-10)18-8-7-17-13/h1,4,9,11-12,15-16H,2-3,5-8H2/t12-/m1/s1. The molecule has 1 aromatic rings. The van der Waals surface area contributed by atoms with Crippen molar-refractivity contribution in [3.63, 3.8) is 0 Å². The second-order valence-electron chi connectivity index (χ2n) is 4.91. The lowest BCUT2D eigenvalue weighted by Gasteiger charge is -2.22. The first-order chi connectivity index (χ1) is 8.86. The highest BCUT2D eigenvalue weighted by molar-refractivity contribution is 5.44. The Morgan fingerprint density at radius 1 is 1.22 bits per heavy atom. The van der Waals surface area contributed by atoms with E-state index in [1.165, 1.54) is 18.4 Å². The Labute approximate surface area is 107 Å². The van der Waals surface area contributed by atoms with Crippen molar-refractivity contribution in [2.24, 2.45) is 0 Å². The van der Waals surface area contributed by atoms with E-state index < -0.39 is 0 Å². The molecular weight excluding hydrogens is 230 g/mol. The van der Waals surface area contributed by atoms with Crippen molar-refractivity contribution in [2.45, 2.75) is 31.3 Å². The number of benzene rings is 1. The van der Waals surface area contributed by atoms with E-state index in [2.05, 4.69) is 11.4 Å². The molecule has 1 aliphatic heterocycles. The Balaban J connectivity index is 1.79. The van der Waals surface area contributed by atoms with Crippen LogP contribution in [-0.4, -0.2) is 31.0 Å². The van der Waals surface area contributed by atoms with Crippen molar-refractivity contribution in [1.29, 1.82) is 0 Å². The Kier molecular flexibility index (Phi) is 3.39. The van der Waals surface area contributed by atoms with Crippen molar-refractivity contribution in [3.8, 4) is 11.5 Å². The second-order valence-corrected chi connectivity index (χ2v) is 4.91. The maximum atomic E-state index is 9.17. The van der Waals surface area contributed by atoms with Crippen LogP contribution in [0.15, 0.2) is 18.2 Å². The molecule has 0 aromatic heterocycles. The van der Waals surface area contributed by atoms with Crippen LogP contribution in [0.25, 0.3) is 0 Å². The topological polar surface area (TPSA) is 50.7 Å². The molecule has 4 heteroatoms. The summed E-state index contributed by atoms with van der Waals surface area (Å²) in [5, 5.41) is 12.7. The molecule has 18 heavy (non-hydrogen) atoms. The van der Waals surface area contributed by atoms with Crippen LogP contribution in [0.3, 0.4) is 0 Å². The number of aliphatic hydroxyl groups is 1. The molecule has 0 radical (unpaired) electrons. The molecule has 2 N–H and O–H groups in total. The third-order valence-electron chi connectivity index (χ3n) is 3.40. The molecule has 1 saturated carbocycles. The zero-order valence-electron chi connectivity index (χ0n) is 10.4. The molecular formula is C14H19NO3. The molecule has 4 nitrogen and oxygen atoms in total. The number of aliphatic hydroxyl groups excluding tert-OH is 1. The highest BCUT2D eigenvalue weighted by Crippen LogP contribution is 2.34. The quantitative estimate of drug-likeness (QED) is 0.833. The first kappa shape index (κ1) is 11.8. The molecule has 1 aliphatic carbocycles. The second kappa shape index (κ2) is 5.16. The van der Waals surface area contributed by atoms with Gasteiger partial charge in [-0.15, -0.1) is 0 Å². The monoisotopic (exact) mass is 249 g/mol. The summed E-state index contributed by atoms with van der Waals surface area (Å²) in [5.74, 6) is 1.64. The molecule has 0 saturated heterocycles. The maximum absolute atomic E-state index is 9.17. The fourth-order valence-electron chi connectivity index (χ4n) is 2.29. The summed E-state index contributed by atoms with van der Waals surface area (Å²) >= 11 is 0. The van der Waals surface area contributed by atoms with Gasteiger partial charge in [0.15, 0.2) is 11.5 Å². The van der Waals surface area contributed by atoms with Crippen LogP contribution < -0.4 is 14.8 Å². The van der Waals surface area contributed by atoms with E-state index in [1.54, 1.807) is 0 Å². The summed E-state index contributed by atoms with van der Waals surface area (Å²) in [6, 6.07) is 6.88. The van der Waals surface area contributed by atoms with Gasteiger partial charge in [-0.05, 0) is 37.0 Å². The van der Waals surface area contributed by atoms with Gasteiger partial charge in [0.1, 0.15) is 13.2 Å². The third kappa shape index (κ3) is 2.60. The average molecular weight is 249 g/mol. The van der Waals surface area contributed by atoms with E-state index in [0.29, 0.717) is 19.3 Å². The summed E-state index contributed by atoms with van der Waals surface area (Å²) in [6.45, 7) is 1.42. The number of nitrogens with one attached hydrogen (secondary N) is 1. The van der Waals surface area contributed by atoms with Gasteiger partial charge in [0, 0.05) is 18.7 Å². The van der Waals surface area contributed by atoms with Crippen LogP contribution in [0.1, 0.15) is 30.9 Å². The van der Waals surface area contributed by atoms with Gasteiger partial charge in [0.05, 0.1) is 0 Å². The molecule has 3 rings (SSSR count). The fourth-order valence-corrected chi connectivity index (χ4v) is 2.29. The summed E-state index contributed by atoms with van der Waals surface area (Å²) in [5.41, 5.74) is 1.17. The molecule has 1 heterocycles. The largest absolute Gasteiger partial charge is 0.486 e. The normalized spacial score (nSPS) is 19.6. The van der Waals surface area contributed by atoms with Crippen molar-refractivity contribution < 1.29 is 14.6 Å². The highest BCUT2D eigenvalue weighted by Gasteiger charge is 2.25. The smallest absolute Gasteiger partial charge is 0.161 e. The van der Waals surface area contributed by atoms with E-state index in [1.807, 2.05) is 12.1 Å². The third-order valence-corrected chi connectivity index (χ3v) is 3.40. The highest BCUT2D eigenvalue weighted by atomic mass is 16.6. The van der Waals surface area contributed by atoms with Crippen LogP contribution in [0.2, 0.25) is 0 Å². The Morgan fingerprint density at radius 3 is 2.72 bits per heavy atom. The summed E-state index contributed by atoms with van der Waals surface area (Å²) in [6.07, 6.45) is 3.22. The van der Waals surface area contributed by atoms with Crippen LogP contribution in [0, 0.1) is 0 Å². The van der Waals surface area contributed by atoms with Gasteiger partial charge in [0.2, 0.25) is 0 Å². The lowest BCUT2D eigenvalue weighted by Crippen LogP contribution is -2.24. The Morgan fingerprint density at radius 2 is 2.00 bits per heavy atom. The zero-order chi connectivity index (χ0) is 12.4. The van der Waals surface area contributed by atoms with Crippen LogP contribution in [0.4, 0.5) is 0 Å². The van der Waals surface area contributed by atoms with Crippen LogP contribution in [0.5, 0.6) is 11.5 Å². The Hall–Kier alpha value is -1.26. The first-order valence-corrected chi connectivity index (χ1v) is 6.63. The van der Waals surface area contributed by atoms with Gasteiger partial charge in [-0.3, -0.25) is 0 Å². The Bertz CT molecular complexity index is 418. The van der Waals surface area contributed by atoms with Crippen molar-refractivity contribution in [1.82, 2.24) is 5.32 Å². The molecule has 1 fully saturated rings. The molecule has 0 amide bonds. The minimum absolute atomic E-state index is 0.193. The van der Waals surface area contributed by atoms with Gasteiger partial charge in [-0.1, -0.05) is 6.07 Å². The summed E-state index contributed by atoms with van der Waals surface area (Å²) in [4.78, 5) is 0. The van der Waals surface area contributed by atoms with E-state index in [0.717, 1.165) is 17.9 Å². The van der Waals surface area contributed by atoms with Crippen LogP contribution >= 0.6 is 0 Å². The average Bonchev–Trinajstić information content (AvgIpc) is 3.22. The van der Waals surface area contributed by atoms with Crippen molar-refractivity contribution >= 4 is 0 Å². The van der Waals surface area contributed by atoms with E-state index in [4.69, 9.17) is 9.47 Å². The molecule has 0 spiro atoms. The number of rotatable bonds is 5. The number of fused-ring (bicyclic) bond motifs is 1. The van der Waals surface area contributed by atoms with Gasteiger partial charge in [0.25, 0.3) is 0 Å². The minimum Gasteiger partial charge on any atom is -0.486 e. The lowest BCUT2D eigenvalue weighted by atomic mass is 10.0. The fraction of sp³-hybridized carbons (Fsp3) is 0.571. The molecule has 2 aliphatic rings. The molecule has 0 unspecified atom stereocenters. The molecule has 1 aromatic carbocycles. The number of hydrogen-bond donors (Lipinski definition) is 2. The molecule has 98 valence electrons. The lowest BCUT2D eigenvalue weighted by molar-refractivity contribution is 0.171. The minimum atomic E-state index is 0.193. The van der Waals surface area contributed by atoms with Crippen molar-refractivity contribution in [2.75, 3.05) is 19.8 Å². The predicted octanol–water partition coefficient (Wildman–Crippen LogP) is 1.63. The van der Waals surface area contributed by atoms with E-state index >= 15 is 0 Å². The van der Waals surface area contributed by atoms with Gasteiger partial charge in [-0.25, -0.2) is 0 Å². The van der Waals surface area contributed by atoms with E-state index in [-0.39, 0.29) is 12.6 Å². The SMILES string of the molecule is OCC[C@@H](NC1CC1)c1ccc2c(c1)OCCO2. The molecule has 1 atom stereocenters. The summed E-state index contributed by atoms with van der Waals surface area (Å²) in [7, 11) is 0. The maximum Gasteiger partial charge on any atom is 0.161 e. The van der Waals surface area contributed by atoms with Gasteiger partial charge >= 0.3 is 0 Å². The van der Waals surface area contributed by atoms with Gasteiger partial charge in [-0.2, -0.15) is 0 Å². The van der Waals surface area contributed by atoms with Crippen LogP contribution in [-0.2, 0) is 0 Å². The van der Waals surface area contributed by atoms with Crippen molar-refractivity contribution in [3.05, 3.63) is 23.8 Å². The summed E-state index contributed by atoms with van der Waals surface area (Å²) < 4.78 is 11.1.